The number of benzene rings is 1. The van der Waals surface area contributed by atoms with Crippen molar-refractivity contribution in [1.82, 2.24) is 14.8 Å². The van der Waals surface area contributed by atoms with E-state index in [-0.39, 0.29) is 41.6 Å². The van der Waals surface area contributed by atoms with Gasteiger partial charge in [-0.1, -0.05) is 35.3 Å². The van der Waals surface area contributed by atoms with E-state index in [2.05, 4.69) is 11.1 Å². The zero-order valence-electron chi connectivity index (χ0n) is 21.5. The number of hydrogen-bond acceptors (Lipinski definition) is 5. The first-order valence-electron chi connectivity index (χ1n) is 13.3. The molecule has 9 heteroatoms. The highest BCUT2D eigenvalue weighted by Gasteiger charge is 2.43. The summed E-state index contributed by atoms with van der Waals surface area (Å²) < 4.78 is 6.24. The van der Waals surface area contributed by atoms with Gasteiger partial charge in [-0.2, -0.15) is 5.26 Å². The Morgan fingerprint density at radius 3 is 2.37 bits per heavy atom. The molecule has 0 N–H and O–H groups in total. The van der Waals surface area contributed by atoms with Crippen molar-refractivity contribution in [3.8, 4) is 11.9 Å². The maximum absolute atomic E-state index is 13.6. The molecule has 1 aliphatic carbocycles. The largest absolute Gasteiger partial charge is 0.474 e. The normalized spacial score (nSPS) is 22.7. The van der Waals surface area contributed by atoms with Crippen molar-refractivity contribution in [2.75, 3.05) is 26.2 Å². The van der Waals surface area contributed by atoms with Crippen LogP contribution in [0.4, 0.5) is 0 Å². The molecule has 3 heterocycles. The van der Waals surface area contributed by atoms with Gasteiger partial charge in [0, 0.05) is 62.1 Å². The Bertz CT molecular complexity index is 1220. The fraction of sp³-hybridized carbons (Fsp3) is 0.517. The van der Waals surface area contributed by atoms with Crippen molar-refractivity contribution in [3.05, 3.63) is 57.7 Å². The van der Waals surface area contributed by atoms with Crippen LogP contribution in [0.25, 0.3) is 0 Å². The molecule has 3 fully saturated rings. The van der Waals surface area contributed by atoms with Crippen LogP contribution in [-0.2, 0) is 16.0 Å². The lowest BCUT2D eigenvalue weighted by molar-refractivity contribution is -0.140. The topological polar surface area (TPSA) is 86.5 Å². The zero-order chi connectivity index (χ0) is 26.8. The van der Waals surface area contributed by atoms with Gasteiger partial charge in [0.05, 0.1) is 22.5 Å². The minimum absolute atomic E-state index is 0.0216. The maximum atomic E-state index is 13.6. The highest BCUT2D eigenvalue weighted by atomic mass is 35.5. The number of nitrogens with zero attached hydrogens (tertiary/aromatic N) is 4. The van der Waals surface area contributed by atoms with E-state index in [9.17, 15) is 9.59 Å². The van der Waals surface area contributed by atoms with E-state index in [1.165, 1.54) is 0 Å². The van der Waals surface area contributed by atoms with Gasteiger partial charge in [-0.3, -0.25) is 9.59 Å². The average molecular weight is 556 g/mol. The van der Waals surface area contributed by atoms with Gasteiger partial charge in [0.2, 0.25) is 17.7 Å². The monoisotopic (exact) mass is 554 g/mol. The Balaban J connectivity index is 1.29. The summed E-state index contributed by atoms with van der Waals surface area (Å²) in [5.74, 6) is 1.10. The Labute approximate surface area is 233 Å². The van der Waals surface area contributed by atoms with Crippen LogP contribution < -0.4 is 4.74 Å². The van der Waals surface area contributed by atoms with Crippen molar-refractivity contribution >= 4 is 35.0 Å². The molecule has 5 rings (SSSR count). The van der Waals surface area contributed by atoms with Gasteiger partial charge < -0.3 is 14.5 Å². The highest BCUT2D eigenvalue weighted by Crippen LogP contribution is 2.39. The molecular weight excluding hydrogens is 523 g/mol. The Morgan fingerprint density at radius 2 is 1.74 bits per heavy atom. The van der Waals surface area contributed by atoms with Crippen molar-refractivity contribution in [2.24, 2.45) is 17.8 Å². The van der Waals surface area contributed by atoms with Crippen molar-refractivity contribution < 1.29 is 14.3 Å². The molecule has 3 aliphatic rings. The third kappa shape index (κ3) is 5.92. The van der Waals surface area contributed by atoms with E-state index in [1.54, 1.807) is 18.3 Å². The van der Waals surface area contributed by atoms with Gasteiger partial charge in [-0.05, 0) is 55.9 Å². The summed E-state index contributed by atoms with van der Waals surface area (Å²) in [6.45, 7) is 4.47. The molecular formula is C29H32Cl2N4O3. The molecule has 2 aliphatic heterocycles. The standard InChI is InChI=1S/C29H32Cl2N4O3/c1-18(38-27-7-2-19(8-11-32)15-33-27)23-16-35(17-24(23)22-5-6-25(30)26(31)14-22)29(37)21-9-12-34(13-10-21)28(36)20-3-4-20/h2,5-7,14-15,18,20-21,23-24H,3-4,8-10,12-13,16-17H2,1H3/t18-,23-,24-/m1/s1. The van der Waals surface area contributed by atoms with E-state index in [4.69, 9.17) is 33.2 Å². The van der Waals surface area contributed by atoms with Gasteiger partial charge in [-0.25, -0.2) is 4.98 Å². The van der Waals surface area contributed by atoms with Gasteiger partial charge in [0.1, 0.15) is 6.10 Å². The van der Waals surface area contributed by atoms with Crippen LogP contribution in [0.3, 0.4) is 0 Å². The summed E-state index contributed by atoms with van der Waals surface area (Å²) >= 11 is 12.6. The molecule has 0 unspecified atom stereocenters. The number of nitriles is 1. The maximum Gasteiger partial charge on any atom is 0.225 e. The second-order valence-electron chi connectivity index (χ2n) is 10.7. The number of aromatic nitrogens is 1. The number of hydrogen-bond donors (Lipinski definition) is 0. The molecule has 0 bridgehead atoms. The molecule has 7 nitrogen and oxygen atoms in total. The van der Waals surface area contributed by atoms with Crippen LogP contribution in [0.1, 0.15) is 49.7 Å². The van der Waals surface area contributed by atoms with Crippen molar-refractivity contribution in [2.45, 2.75) is 51.0 Å². The first-order valence-corrected chi connectivity index (χ1v) is 14.1. The Hall–Kier alpha value is -2.82. The van der Waals surface area contributed by atoms with E-state index in [0.717, 1.165) is 24.0 Å². The summed E-state index contributed by atoms with van der Waals surface area (Å²) in [5.41, 5.74) is 1.86. The SMILES string of the molecule is C[C@@H](Oc1ccc(CC#N)cn1)[C@H]1CN(C(=O)C2CCN(C(=O)C3CC3)CC2)C[C@@H]1c1ccc(Cl)c(Cl)c1. The Morgan fingerprint density at radius 1 is 1.03 bits per heavy atom. The lowest BCUT2D eigenvalue weighted by Crippen LogP contribution is -2.44. The Kier molecular flexibility index (Phi) is 8.11. The number of likely N-dealkylation sites (tertiary alicyclic amines) is 2. The lowest BCUT2D eigenvalue weighted by Gasteiger charge is -2.33. The summed E-state index contributed by atoms with van der Waals surface area (Å²) in [6.07, 6.45) is 5.16. The quantitative estimate of drug-likeness (QED) is 0.474. The molecule has 38 heavy (non-hydrogen) atoms. The van der Waals surface area contributed by atoms with E-state index in [0.29, 0.717) is 61.4 Å². The van der Waals surface area contributed by atoms with Gasteiger partial charge in [-0.15, -0.1) is 0 Å². The van der Waals surface area contributed by atoms with E-state index in [1.807, 2.05) is 34.9 Å². The molecule has 0 spiro atoms. The predicted molar refractivity (Wildman–Crippen MR) is 145 cm³/mol. The van der Waals surface area contributed by atoms with Crippen LogP contribution in [0.5, 0.6) is 5.88 Å². The number of rotatable bonds is 7. The van der Waals surface area contributed by atoms with Crippen molar-refractivity contribution in [3.63, 3.8) is 0 Å². The number of pyridine rings is 1. The minimum atomic E-state index is -0.223. The number of ether oxygens (including phenoxy) is 1. The van der Waals surface area contributed by atoms with Crippen LogP contribution in [0.2, 0.25) is 10.0 Å². The number of carbonyl (C=O) groups is 2. The van der Waals surface area contributed by atoms with E-state index >= 15 is 0 Å². The summed E-state index contributed by atoms with van der Waals surface area (Å²) in [4.78, 5) is 34.4. The van der Waals surface area contributed by atoms with E-state index < -0.39 is 0 Å². The number of amides is 2. The molecule has 3 atom stereocenters. The fourth-order valence-electron chi connectivity index (χ4n) is 5.73. The zero-order valence-corrected chi connectivity index (χ0v) is 23.0. The van der Waals surface area contributed by atoms with Crippen LogP contribution in [0.15, 0.2) is 36.5 Å². The minimum Gasteiger partial charge on any atom is -0.474 e. The first-order chi connectivity index (χ1) is 18.3. The van der Waals surface area contributed by atoms with Gasteiger partial charge in [0.25, 0.3) is 0 Å². The molecule has 0 radical (unpaired) electrons. The second-order valence-corrected chi connectivity index (χ2v) is 11.5. The van der Waals surface area contributed by atoms with Crippen LogP contribution in [0, 0.1) is 29.1 Å². The number of halogens is 2. The molecule has 2 saturated heterocycles. The molecule has 2 aromatic rings. The number of carbonyl (C=O) groups excluding carboxylic acids is 2. The highest BCUT2D eigenvalue weighted by molar-refractivity contribution is 6.42. The van der Waals surface area contributed by atoms with Gasteiger partial charge in [0.15, 0.2) is 0 Å². The lowest BCUT2D eigenvalue weighted by atomic mass is 9.86. The van der Waals surface area contributed by atoms with Gasteiger partial charge >= 0.3 is 0 Å². The van der Waals surface area contributed by atoms with Crippen LogP contribution >= 0.6 is 23.2 Å². The fourth-order valence-corrected chi connectivity index (χ4v) is 6.03. The average Bonchev–Trinajstić information content (AvgIpc) is 3.68. The molecule has 1 aromatic carbocycles. The first kappa shape index (κ1) is 26.8. The molecule has 2 amide bonds. The summed E-state index contributed by atoms with van der Waals surface area (Å²) in [7, 11) is 0. The smallest absolute Gasteiger partial charge is 0.225 e. The molecule has 1 saturated carbocycles. The predicted octanol–water partition coefficient (Wildman–Crippen LogP) is 5.11. The number of piperidine rings is 1. The van der Waals surface area contributed by atoms with Crippen molar-refractivity contribution in [1.29, 1.82) is 5.26 Å². The summed E-state index contributed by atoms with van der Waals surface area (Å²) in [5, 5.41) is 9.89. The second kappa shape index (κ2) is 11.5. The summed E-state index contributed by atoms with van der Waals surface area (Å²) in [6, 6.07) is 11.4. The molecule has 200 valence electrons. The third-order valence-corrected chi connectivity index (χ3v) is 8.86. The van der Waals surface area contributed by atoms with Crippen LogP contribution in [-0.4, -0.2) is 58.9 Å². The third-order valence-electron chi connectivity index (χ3n) is 8.12. The molecule has 1 aromatic heterocycles.